The van der Waals surface area contributed by atoms with E-state index in [4.69, 9.17) is 21.9 Å². The summed E-state index contributed by atoms with van der Waals surface area (Å²) in [5.74, 6) is -0.659. The van der Waals surface area contributed by atoms with E-state index in [9.17, 15) is 34.9 Å². The quantitative estimate of drug-likeness (QED) is 0.0249. The maximum absolute atomic E-state index is 12.5. The number of halogens is 1. The number of nitrogens with one attached hydrogen (secondary N) is 2. The number of aromatic nitrogens is 3. The van der Waals surface area contributed by atoms with E-state index in [-0.39, 0.29) is 56.5 Å². The van der Waals surface area contributed by atoms with Gasteiger partial charge in [-0.25, -0.2) is 12.6 Å². The SMILES string of the molecule is CS(=O)(=O)c1ccc(Nc2nc(Cl)nc(Nc3cccc(N=Nc4c(S(=O)(=O)O)cc5ccc(N=Nc6ccc(CCCOS(=O)(=O)O)cc6)c(N)c5c4O)c3)n2)cc1. The molecule has 59 heavy (non-hydrogen) atoms. The van der Waals surface area contributed by atoms with E-state index in [0.717, 1.165) is 17.9 Å². The maximum atomic E-state index is 12.5. The first kappa shape index (κ1) is 42.4. The molecule has 0 radical (unpaired) electrons. The van der Waals surface area contributed by atoms with Gasteiger partial charge in [-0.3, -0.25) is 9.11 Å². The molecular formula is C35H31ClN10O10S3. The van der Waals surface area contributed by atoms with Gasteiger partial charge in [-0.2, -0.15) is 42.0 Å². The summed E-state index contributed by atoms with van der Waals surface area (Å²) in [7, 11) is -12.9. The van der Waals surface area contributed by atoms with Crippen LogP contribution in [0.4, 0.5) is 51.7 Å². The molecule has 0 spiro atoms. The van der Waals surface area contributed by atoms with Crippen molar-refractivity contribution in [3.8, 4) is 5.75 Å². The molecule has 0 aliphatic heterocycles. The molecule has 306 valence electrons. The number of phenolic OH excluding ortho intramolecular Hbond substituents is 1. The number of anilines is 5. The standard InChI is InChI=1S/C35H31ClN10O10S3/c1-57(48,49)26-14-12-22(13-15-26)38-34-40-33(36)41-35(42-34)39-24-5-2-6-25(19-24)44-46-31-28(58(50,51)52)18-21-9-16-27(30(37)29(21)32(31)47)45-43-23-10-7-20(8-11-23)4-3-17-56-59(53,54)55/h2,5-16,18-19,47H,3-4,17,37H2,1H3,(H,50,51,52)(H,53,54,55)(H2,38,39,40,41,42). The monoisotopic (exact) mass is 882 g/mol. The summed E-state index contributed by atoms with van der Waals surface area (Å²) < 4.78 is 92.9. The third kappa shape index (κ3) is 11.3. The van der Waals surface area contributed by atoms with Crippen molar-refractivity contribution in [2.24, 2.45) is 20.5 Å². The molecule has 1 heterocycles. The van der Waals surface area contributed by atoms with Crippen molar-refractivity contribution in [3.05, 3.63) is 102 Å². The zero-order valence-corrected chi connectivity index (χ0v) is 33.5. The third-order valence-electron chi connectivity index (χ3n) is 8.08. The van der Waals surface area contributed by atoms with E-state index in [1.54, 1.807) is 36.4 Å². The number of rotatable bonds is 15. The highest BCUT2D eigenvalue weighted by Crippen LogP contribution is 2.46. The minimum Gasteiger partial charge on any atom is -0.505 e. The lowest BCUT2D eigenvalue weighted by atomic mass is 10.1. The summed E-state index contributed by atoms with van der Waals surface area (Å²) in [4.78, 5) is 11.8. The van der Waals surface area contributed by atoms with Gasteiger partial charge in [0.25, 0.3) is 10.1 Å². The van der Waals surface area contributed by atoms with Crippen LogP contribution in [0.1, 0.15) is 12.0 Å². The van der Waals surface area contributed by atoms with Crippen LogP contribution in [0.2, 0.25) is 5.28 Å². The van der Waals surface area contributed by atoms with Crippen LogP contribution >= 0.6 is 11.6 Å². The third-order valence-corrected chi connectivity index (χ3v) is 10.7. The second-order valence-corrected chi connectivity index (χ2v) is 17.2. The summed E-state index contributed by atoms with van der Waals surface area (Å²) in [6.45, 7) is -0.190. The second-order valence-electron chi connectivity index (χ2n) is 12.4. The first-order chi connectivity index (χ1) is 27.8. The van der Waals surface area contributed by atoms with Gasteiger partial charge in [-0.15, -0.1) is 10.2 Å². The Bertz CT molecular complexity index is 2960. The molecular weight excluding hydrogens is 852 g/mol. The van der Waals surface area contributed by atoms with Gasteiger partial charge in [0.05, 0.1) is 34.0 Å². The highest BCUT2D eigenvalue weighted by Gasteiger charge is 2.24. The summed E-state index contributed by atoms with van der Waals surface area (Å²) in [5, 5.41) is 33.6. The Kier molecular flexibility index (Phi) is 12.5. The zero-order valence-electron chi connectivity index (χ0n) is 30.3. The molecule has 0 amide bonds. The average molecular weight is 883 g/mol. The average Bonchev–Trinajstić information content (AvgIpc) is 3.15. The van der Waals surface area contributed by atoms with Gasteiger partial charge in [0, 0.05) is 17.6 Å². The normalized spacial score (nSPS) is 12.4. The van der Waals surface area contributed by atoms with Crippen molar-refractivity contribution in [2.45, 2.75) is 22.6 Å². The van der Waals surface area contributed by atoms with Gasteiger partial charge in [0.2, 0.25) is 17.2 Å². The first-order valence-corrected chi connectivity index (χ1v) is 21.9. The van der Waals surface area contributed by atoms with E-state index >= 15 is 0 Å². The van der Waals surface area contributed by atoms with Crippen LogP contribution in [-0.4, -0.2) is 67.3 Å². The van der Waals surface area contributed by atoms with Gasteiger partial charge in [0.15, 0.2) is 15.6 Å². The van der Waals surface area contributed by atoms with Crippen LogP contribution in [0.3, 0.4) is 0 Å². The van der Waals surface area contributed by atoms with E-state index < -0.39 is 46.7 Å². The molecule has 0 aliphatic carbocycles. The summed E-state index contributed by atoms with van der Waals surface area (Å²) in [6, 6.07) is 22.8. The number of azo groups is 2. The Morgan fingerprint density at radius 2 is 1.42 bits per heavy atom. The van der Waals surface area contributed by atoms with Crippen LogP contribution in [0, 0.1) is 0 Å². The molecule has 6 aromatic rings. The van der Waals surface area contributed by atoms with Gasteiger partial charge >= 0.3 is 10.4 Å². The predicted molar refractivity (Wildman–Crippen MR) is 218 cm³/mol. The molecule has 0 aliphatic rings. The summed E-state index contributed by atoms with van der Waals surface area (Å²) >= 11 is 6.13. The molecule has 0 atom stereocenters. The van der Waals surface area contributed by atoms with E-state index in [1.165, 1.54) is 48.5 Å². The Balaban J connectivity index is 1.22. The molecule has 0 bridgehead atoms. The fourth-order valence-electron chi connectivity index (χ4n) is 5.38. The molecule has 24 heteroatoms. The van der Waals surface area contributed by atoms with Crippen LogP contribution in [0.25, 0.3) is 10.8 Å². The largest absolute Gasteiger partial charge is 0.505 e. The minimum absolute atomic E-state index is 0.0117. The molecule has 20 nitrogen and oxygen atoms in total. The number of nitrogens with zero attached hydrogens (tertiary/aromatic N) is 7. The topological polar surface area (TPSA) is 311 Å². The lowest BCUT2D eigenvalue weighted by Gasteiger charge is -2.12. The number of fused-ring (bicyclic) bond motifs is 1. The van der Waals surface area contributed by atoms with E-state index in [1.807, 2.05) is 0 Å². The number of aryl methyl sites for hydroxylation is 1. The number of nitrogens with two attached hydrogens (primary N) is 1. The Labute approximate surface area is 341 Å². The van der Waals surface area contributed by atoms with Crippen LogP contribution < -0.4 is 16.4 Å². The van der Waals surface area contributed by atoms with Gasteiger partial charge in [-0.05, 0) is 102 Å². The smallest absolute Gasteiger partial charge is 0.397 e. The summed E-state index contributed by atoms with van der Waals surface area (Å²) in [5.41, 5.74) is 8.09. The van der Waals surface area contributed by atoms with Gasteiger partial charge in [-0.1, -0.05) is 24.3 Å². The number of aromatic hydroxyl groups is 1. The number of sulfone groups is 1. The number of phenols is 1. The molecule has 0 fully saturated rings. The molecule has 0 unspecified atom stereocenters. The van der Waals surface area contributed by atoms with Gasteiger partial charge < -0.3 is 21.5 Å². The minimum atomic E-state index is -4.95. The first-order valence-electron chi connectivity index (χ1n) is 16.8. The Morgan fingerprint density at radius 3 is 2.07 bits per heavy atom. The van der Waals surface area contributed by atoms with Crippen molar-refractivity contribution < 1.29 is 43.6 Å². The van der Waals surface area contributed by atoms with Crippen LogP contribution in [0.5, 0.6) is 5.75 Å². The number of hydrogen-bond donors (Lipinski definition) is 6. The fraction of sp³-hybridized carbons (Fsp3) is 0.114. The Morgan fingerprint density at radius 1 is 0.763 bits per heavy atom. The van der Waals surface area contributed by atoms with Crippen molar-refractivity contribution in [3.63, 3.8) is 0 Å². The molecule has 5 aromatic carbocycles. The number of benzene rings is 5. The lowest BCUT2D eigenvalue weighted by Crippen LogP contribution is -2.05. The Hall–Kier alpha value is -6.21. The number of hydrogen-bond acceptors (Lipinski definition) is 18. The van der Waals surface area contributed by atoms with E-state index in [0.29, 0.717) is 29.9 Å². The molecule has 7 N–H and O–H groups in total. The van der Waals surface area contributed by atoms with Gasteiger partial charge in [0.1, 0.15) is 16.3 Å². The van der Waals surface area contributed by atoms with Crippen molar-refractivity contribution in [1.29, 1.82) is 0 Å². The predicted octanol–water partition coefficient (Wildman–Crippen LogP) is 7.69. The van der Waals surface area contributed by atoms with E-state index in [2.05, 4.69) is 50.2 Å². The second kappa shape index (κ2) is 17.3. The van der Waals surface area contributed by atoms with Crippen LogP contribution in [-0.2, 0) is 41.0 Å². The number of nitrogen functional groups attached to an aromatic ring is 1. The molecule has 1 aromatic heterocycles. The van der Waals surface area contributed by atoms with Crippen molar-refractivity contribution >= 4 is 104 Å². The van der Waals surface area contributed by atoms with Crippen molar-refractivity contribution in [1.82, 2.24) is 15.0 Å². The van der Waals surface area contributed by atoms with Crippen molar-refractivity contribution in [2.75, 3.05) is 29.2 Å². The fourth-order valence-corrected chi connectivity index (χ4v) is 7.15. The maximum Gasteiger partial charge on any atom is 0.397 e. The lowest BCUT2D eigenvalue weighted by molar-refractivity contribution is 0.265. The highest BCUT2D eigenvalue weighted by atomic mass is 35.5. The molecule has 0 saturated heterocycles. The molecule has 6 rings (SSSR count). The zero-order chi connectivity index (χ0) is 42.5. The summed E-state index contributed by atoms with van der Waals surface area (Å²) in [6.07, 6.45) is 1.88. The highest BCUT2D eigenvalue weighted by molar-refractivity contribution is 7.90. The van der Waals surface area contributed by atoms with Crippen LogP contribution in [0.15, 0.2) is 121 Å². The molecule has 0 saturated carbocycles.